The Morgan fingerprint density at radius 2 is 1.81 bits per heavy atom. The van der Waals surface area contributed by atoms with Gasteiger partial charge in [-0.3, -0.25) is 4.72 Å². The maximum absolute atomic E-state index is 13.1. The van der Waals surface area contributed by atoms with E-state index >= 15 is 0 Å². The maximum atomic E-state index is 13.1. The van der Waals surface area contributed by atoms with Crippen molar-refractivity contribution in [3.8, 4) is 0 Å². The second-order valence-electron chi connectivity index (χ2n) is 4.99. The van der Waals surface area contributed by atoms with Crippen LogP contribution in [-0.2, 0) is 10.0 Å². The Morgan fingerprint density at radius 3 is 2.38 bits per heavy atom. The van der Waals surface area contributed by atoms with Crippen LogP contribution < -0.4 is 4.72 Å². The number of rotatable bonds is 5. The fraction of sp³-hybridized carbons (Fsp3) is 0.250. The van der Waals surface area contributed by atoms with E-state index in [1.54, 1.807) is 12.1 Å². The van der Waals surface area contributed by atoms with Gasteiger partial charge in [0.15, 0.2) is 0 Å². The van der Waals surface area contributed by atoms with Crippen LogP contribution in [0.15, 0.2) is 53.4 Å². The second kappa shape index (κ2) is 6.26. The van der Waals surface area contributed by atoms with Gasteiger partial charge >= 0.3 is 0 Å². The Balaban J connectivity index is 2.23. The van der Waals surface area contributed by atoms with E-state index in [0.717, 1.165) is 18.1 Å². The molecular weight excluding hydrogens is 289 g/mol. The lowest BCUT2D eigenvalue weighted by molar-refractivity contribution is 0.601. The molecule has 1 unspecified atom stereocenters. The summed E-state index contributed by atoms with van der Waals surface area (Å²) in [6.07, 6.45) is 0.994. The largest absolute Gasteiger partial charge is 0.280 e. The zero-order valence-corrected chi connectivity index (χ0v) is 12.8. The molecule has 0 saturated carbocycles. The van der Waals surface area contributed by atoms with Crippen molar-refractivity contribution in [1.82, 2.24) is 0 Å². The lowest BCUT2D eigenvalue weighted by atomic mass is 9.99. The quantitative estimate of drug-likeness (QED) is 0.902. The van der Waals surface area contributed by atoms with Crippen LogP contribution >= 0.6 is 0 Å². The smallest absolute Gasteiger partial charge is 0.261 e. The van der Waals surface area contributed by atoms with Gasteiger partial charge in [0.05, 0.1) is 10.6 Å². The van der Waals surface area contributed by atoms with Gasteiger partial charge < -0.3 is 0 Å². The van der Waals surface area contributed by atoms with Gasteiger partial charge in [0.1, 0.15) is 5.82 Å². The zero-order valence-electron chi connectivity index (χ0n) is 12.0. The molecule has 0 bridgehead atoms. The van der Waals surface area contributed by atoms with Gasteiger partial charge in [-0.25, -0.2) is 12.8 Å². The highest BCUT2D eigenvalue weighted by atomic mass is 32.2. The monoisotopic (exact) mass is 307 g/mol. The molecule has 21 heavy (non-hydrogen) atoms. The van der Waals surface area contributed by atoms with Crippen LogP contribution in [0.1, 0.15) is 31.7 Å². The molecule has 3 nitrogen and oxygen atoms in total. The number of sulfonamides is 1. The zero-order chi connectivity index (χ0) is 15.5. The van der Waals surface area contributed by atoms with Crippen LogP contribution in [0.4, 0.5) is 10.1 Å². The van der Waals surface area contributed by atoms with Gasteiger partial charge in [0.25, 0.3) is 10.0 Å². The Kier molecular flexibility index (Phi) is 4.63. The predicted molar refractivity (Wildman–Crippen MR) is 82.4 cm³/mol. The predicted octanol–water partition coefficient (Wildman–Crippen LogP) is 4.14. The number of halogens is 1. The van der Waals surface area contributed by atoms with Crippen molar-refractivity contribution in [3.05, 3.63) is 59.9 Å². The molecule has 2 aromatic rings. The minimum Gasteiger partial charge on any atom is -0.280 e. The molecule has 1 N–H and O–H groups in total. The van der Waals surface area contributed by atoms with Gasteiger partial charge in [-0.2, -0.15) is 0 Å². The van der Waals surface area contributed by atoms with Gasteiger partial charge in [-0.05, 0) is 48.2 Å². The van der Waals surface area contributed by atoms with Crippen molar-refractivity contribution in [1.29, 1.82) is 0 Å². The van der Waals surface area contributed by atoms with Crippen molar-refractivity contribution in [2.75, 3.05) is 4.72 Å². The summed E-state index contributed by atoms with van der Waals surface area (Å²) in [6, 6.07) is 12.1. The van der Waals surface area contributed by atoms with Crippen LogP contribution in [0.5, 0.6) is 0 Å². The van der Waals surface area contributed by atoms with Crippen LogP contribution in [0.2, 0.25) is 0 Å². The van der Waals surface area contributed by atoms with Gasteiger partial charge in [0, 0.05) is 0 Å². The topological polar surface area (TPSA) is 46.2 Å². The molecular formula is C16H18FNO2S. The van der Waals surface area contributed by atoms with Crippen molar-refractivity contribution >= 4 is 15.7 Å². The molecule has 1 atom stereocenters. The molecule has 0 aliphatic rings. The molecule has 0 fully saturated rings. The summed E-state index contributed by atoms with van der Waals surface area (Å²) in [5.41, 5.74) is 1.31. The first-order valence-electron chi connectivity index (χ1n) is 6.80. The summed E-state index contributed by atoms with van der Waals surface area (Å²) in [4.78, 5) is 0.166. The summed E-state index contributed by atoms with van der Waals surface area (Å²) < 4.78 is 39.9. The van der Waals surface area contributed by atoms with E-state index in [-0.39, 0.29) is 10.6 Å². The molecule has 5 heteroatoms. The molecule has 0 aliphatic heterocycles. The Bertz CT molecular complexity index is 711. The minimum atomic E-state index is -3.70. The van der Waals surface area contributed by atoms with Crippen molar-refractivity contribution in [3.63, 3.8) is 0 Å². The number of anilines is 1. The summed E-state index contributed by atoms with van der Waals surface area (Å²) in [5.74, 6) is -0.0970. The first-order chi connectivity index (χ1) is 9.92. The lowest BCUT2D eigenvalue weighted by Gasteiger charge is -2.11. The third-order valence-corrected chi connectivity index (χ3v) is 4.85. The molecule has 0 heterocycles. The Labute approximate surface area is 124 Å². The molecule has 0 radical (unpaired) electrons. The molecule has 0 aliphatic carbocycles. The van der Waals surface area contributed by atoms with E-state index in [0.29, 0.717) is 5.92 Å². The lowest BCUT2D eigenvalue weighted by Crippen LogP contribution is -2.13. The fourth-order valence-electron chi connectivity index (χ4n) is 1.98. The van der Waals surface area contributed by atoms with Crippen molar-refractivity contribution in [2.24, 2.45) is 0 Å². The van der Waals surface area contributed by atoms with E-state index in [1.807, 2.05) is 12.1 Å². The van der Waals surface area contributed by atoms with Crippen LogP contribution in [-0.4, -0.2) is 8.42 Å². The van der Waals surface area contributed by atoms with Crippen LogP contribution in [0.25, 0.3) is 0 Å². The number of nitrogens with one attached hydrogen (secondary N) is 1. The average Bonchev–Trinajstić information content (AvgIpc) is 2.46. The highest BCUT2D eigenvalue weighted by Crippen LogP contribution is 2.22. The van der Waals surface area contributed by atoms with E-state index in [9.17, 15) is 12.8 Å². The van der Waals surface area contributed by atoms with E-state index < -0.39 is 15.8 Å². The minimum absolute atomic E-state index is 0.166. The molecule has 2 rings (SSSR count). The molecule has 0 saturated heterocycles. The Hall–Kier alpha value is -1.88. The third-order valence-electron chi connectivity index (χ3n) is 3.45. The third kappa shape index (κ3) is 3.82. The van der Waals surface area contributed by atoms with Crippen LogP contribution in [0, 0.1) is 5.82 Å². The highest BCUT2D eigenvalue weighted by Gasteiger charge is 2.15. The summed E-state index contributed by atoms with van der Waals surface area (Å²) in [6.45, 7) is 4.18. The van der Waals surface area contributed by atoms with Gasteiger partial charge in [0.2, 0.25) is 0 Å². The molecule has 0 aromatic heterocycles. The van der Waals surface area contributed by atoms with Crippen molar-refractivity contribution < 1.29 is 12.8 Å². The molecule has 2 aromatic carbocycles. The first-order valence-corrected chi connectivity index (χ1v) is 8.29. The molecule has 0 amide bonds. The Morgan fingerprint density at radius 1 is 1.14 bits per heavy atom. The maximum Gasteiger partial charge on any atom is 0.261 e. The standard InChI is InChI=1S/C16H18FNO2S/c1-3-12(2)13-7-9-16(10-8-13)21(19,20)18-15-6-4-5-14(17)11-15/h4-12,18H,3H2,1-2H3. The SMILES string of the molecule is CCC(C)c1ccc(S(=O)(=O)Nc2cccc(F)c2)cc1. The van der Waals surface area contributed by atoms with E-state index in [4.69, 9.17) is 0 Å². The highest BCUT2D eigenvalue weighted by molar-refractivity contribution is 7.92. The van der Waals surface area contributed by atoms with Crippen molar-refractivity contribution in [2.45, 2.75) is 31.1 Å². The van der Waals surface area contributed by atoms with Crippen LogP contribution in [0.3, 0.4) is 0 Å². The fourth-order valence-corrected chi connectivity index (χ4v) is 3.03. The average molecular weight is 307 g/mol. The summed E-state index contributed by atoms with van der Waals surface area (Å²) >= 11 is 0. The number of benzene rings is 2. The number of hydrogen-bond donors (Lipinski definition) is 1. The van der Waals surface area contributed by atoms with E-state index in [1.165, 1.54) is 18.2 Å². The molecule has 0 spiro atoms. The summed E-state index contributed by atoms with van der Waals surface area (Å²) in [7, 11) is -3.70. The number of hydrogen-bond acceptors (Lipinski definition) is 2. The second-order valence-corrected chi connectivity index (χ2v) is 6.68. The summed E-state index contributed by atoms with van der Waals surface area (Å²) in [5, 5.41) is 0. The van der Waals surface area contributed by atoms with E-state index in [2.05, 4.69) is 18.6 Å². The normalized spacial score (nSPS) is 12.9. The first kappa shape index (κ1) is 15.5. The van der Waals surface area contributed by atoms with Gasteiger partial charge in [-0.15, -0.1) is 0 Å². The van der Waals surface area contributed by atoms with Gasteiger partial charge in [-0.1, -0.05) is 32.0 Å². The molecule has 112 valence electrons.